The van der Waals surface area contributed by atoms with Crippen molar-refractivity contribution in [2.75, 3.05) is 0 Å². The minimum absolute atomic E-state index is 0.0578. The van der Waals surface area contributed by atoms with Crippen molar-refractivity contribution in [2.24, 2.45) is 5.92 Å². The van der Waals surface area contributed by atoms with Crippen molar-refractivity contribution in [3.05, 3.63) is 65.7 Å². The number of aliphatic hydroxyl groups excluding tert-OH is 1. The van der Waals surface area contributed by atoms with E-state index in [0.29, 0.717) is 11.1 Å². The lowest BCUT2D eigenvalue weighted by atomic mass is 9.85. The molecular formula is C22H24N2O4S. The number of carbonyl (C=O) groups excluding carboxylic acids is 1. The summed E-state index contributed by atoms with van der Waals surface area (Å²) in [7, 11) is -3.83. The van der Waals surface area contributed by atoms with Crippen LogP contribution in [0.25, 0.3) is 0 Å². The number of hydrazine groups is 1. The minimum atomic E-state index is -3.83. The van der Waals surface area contributed by atoms with Crippen LogP contribution in [-0.2, 0) is 10.0 Å². The Hall–Kier alpha value is -2.66. The molecule has 1 atom stereocenters. The van der Waals surface area contributed by atoms with Gasteiger partial charge in [0, 0.05) is 11.1 Å². The highest BCUT2D eigenvalue weighted by molar-refractivity contribution is 7.89. The number of benzene rings is 2. The number of aliphatic hydroxyl groups is 1. The fraction of sp³-hybridized carbons (Fsp3) is 0.318. The van der Waals surface area contributed by atoms with Gasteiger partial charge >= 0.3 is 0 Å². The first-order chi connectivity index (χ1) is 14.0. The molecule has 1 unspecified atom stereocenters. The van der Waals surface area contributed by atoms with Crippen LogP contribution in [0, 0.1) is 17.8 Å². The average molecular weight is 413 g/mol. The Morgan fingerprint density at radius 1 is 1.00 bits per heavy atom. The second-order valence-electron chi connectivity index (χ2n) is 7.06. The van der Waals surface area contributed by atoms with Gasteiger partial charge in [0.2, 0.25) is 0 Å². The molecule has 0 bridgehead atoms. The third-order valence-electron chi connectivity index (χ3n) is 4.96. The summed E-state index contributed by atoms with van der Waals surface area (Å²) in [5.74, 6) is 5.49. The van der Waals surface area contributed by atoms with Gasteiger partial charge in [0.25, 0.3) is 15.9 Å². The summed E-state index contributed by atoms with van der Waals surface area (Å²) in [5, 5.41) is 10.2. The van der Waals surface area contributed by atoms with Gasteiger partial charge in [0.15, 0.2) is 0 Å². The molecule has 0 saturated heterocycles. The number of nitrogens with one attached hydrogen (secondary N) is 2. The third-order valence-corrected chi connectivity index (χ3v) is 6.22. The molecular weight excluding hydrogens is 388 g/mol. The highest BCUT2D eigenvalue weighted by Gasteiger charge is 2.19. The maximum absolute atomic E-state index is 12.2. The van der Waals surface area contributed by atoms with Crippen LogP contribution in [0.4, 0.5) is 0 Å². The normalized spacial score (nSPS) is 15.8. The van der Waals surface area contributed by atoms with Crippen LogP contribution in [-0.4, -0.2) is 25.5 Å². The fourth-order valence-corrected chi connectivity index (χ4v) is 4.13. The molecule has 0 aromatic heterocycles. The SMILES string of the molecule is O=C(NNS(=O)(=O)c1ccccc1)c1ccc(C#CC(O)C2CCCCC2)cc1. The van der Waals surface area contributed by atoms with Crippen molar-refractivity contribution in [3.63, 3.8) is 0 Å². The molecule has 0 radical (unpaired) electrons. The van der Waals surface area contributed by atoms with Gasteiger partial charge < -0.3 is 5.11 Å². The van der Waals surface area contributed by atoms with Gasteiger partial charge in [-0.1, -0.05) is 49.3 Å². The van der Waals surface area contributed by atoms with Crippen molar-refractivity contribution < 1.29 is 18.3 Å². The summed E-state index contributed by atoms with van der Waals surface area (Å²) in [4.78, 5) is 14.3. The molecule has 0 aliphatic heterocycles. The van der Waals surface area contributed by atoms with Gasteiger partial charge in [-0.05, 0) is 55.2 Å². The Morgan fingerprint density at radius 3 is 2.31 bits per heavy atom. The van der Waals surface area contributed by atoms with E-state index in [1.165, 1.54) is 18.6 Å². The van der Waals surface area contributed by atoms with Gasteiger partial charge in [-0.3, -0.25) is 10.2 Å². The fourth-order valence-electron chi connectivity index (χ4n) is 3.27. The number of rotatable bonds is 5. The molecule has 1 saturated carbocycles. The standard InChI is InChI=1S/C22H24N2O4S/c25-21(18-7-3-1-4-8-18)16-13-17-11-14-19(15-12-17)22(26)23-24-29(27,28)20-9-5-2-6-10-20/h2,5-6,9-12,14-15,18,21,24-25H,1,3-4,7-8H2,(H,23,26). The van der Waals surface area contributed by atoms with Gasteiger partial charge in [-0.2, -0.15) is 0 Å². The Labute approximate surface area is 171 Å². The zero-order chi connectivity index (χ0) is 20.7. The predicted octanol–water partition coefficient (Wildman–Crippen LogP) is 2.60. The zero-order valence-electron chi connectivity index (χ0n) is 16.0. The summed E-state index contributed by atoms with van der Waals surface area (Å²) in [5.41, 5.74) is 3.17. The first-order valence-corrected chi connectivity index (χ1v) is 11.1. The number of sulfonamides is 1. The molecule has 0 spiro atoms. The lowest BCUT2D eigenvalue weighted by Crippen LogP contribution is -2.41. The summed E-state index contributed by atoms with van der Waals surface area (Å²) < 4.78 is 24.3. The summed E-state index contributed by atoms with van der Waals surface area (Å²) >= 11 is 0. The molecule has 1 amide bonds. The van der Waals surface area contributed by atoms with E-state index in [1.807, 2.05) is 0 Å². The maximum Gasteiger partial charge on any atom is 0.266 e. The number of hydrogen-bond acceptors (Lipinski definition) is 4. The first kappa shape index (κ1) is 21.1. The van der Waals surface area contributed by atoms with Gasteiger partial charge in [0.1, 0.15) is 6.10 Å². The van der Waals surface area contributed by atoms with Crippen LogP contribution in [0.2, 0.25) is 0 Å². The molecule has 1 fully saturated rings. The number of hydrogen-bond donors (Lipinski definition) is 3. The Bertz CT molecular complexity index is 987. The van der Waals surface area contributed by atoms with Crippen LogP contribution >= 0.6 is 0 Å². The van der Waals surface area contributed by atoms with E-state index in [4.69, 9.17) is 0 Å². The summed E-state index contributed by atoms with van der Waals surface area (Å²) in [6, 6.07) is 14.2. The molecule has 0 heterocycles. The third kappa shape index (κ3) is 5.91. The van der Waals surface area contributed by atoms with E-state index < -0.39 is 22.0 Å². The summed E-state index contributed by atoms with van der Waals surface area (Å²) in [6.45, 7) is 0. The Balaban J connectivity index is 1.57. The van der Waals surface area contributed by atoms with E-state index in [9.17, 15) is 18.3 Å². The summed E-state index contributed by atoms with van der Waals surface area (Å²) in [6.07, 6.45) is 4.89. The van der Waals surface area contributed by atoms with Gasteiger partial charge in [-0.25, -0.2) is 8.42 Å². The molecule has 152 valence electrons. The first-order valence-electron chi connectivity index (χ1n) is 9.62. The van der Waals surface area contributed by atoms with Gasteiger partial charge in [0.05, 0.1) is 4.90 Å². The second kappa shape index (κ2) is 9.70. The van der Waals surface area contributed by atoms with E-state index in [-0.39, 0.29) is 10.8 Å². The van der Waals surface area contributed by atoms with Crippen LogP contribution in [0.5, 0.6) is 0 Å². The molecule has 6 nitrogen and oxygen atoms in total. The molecule has 2 aromatic carbocycles. The molecule has 1 aliphatic rings. The highest BCUT2D eigenvalue weighted by atomic mass is 32.2. The Morgan fingerprint density at radius 2 is 1.66 bits per heavy atom. The van der Waals surface area contributed by atoms with Crippen LogP contribution in [0.15, 0.2) is 59.5 Å². The smallest absolute Gasteiger partial charge is 0.266 e. The van der Waals surface area contributed by atoms with Crippen LogP contribution < -0.4 is 10.3 Å². The van der Waals surface area contributed by atoms with Crippen molar-refractivity contribution in [1.82, 2.24) is 10.3 Å². The van der Waals surface area contributed by atoms with Crippen molar-refractivity contribution in [1.29, 1.82) is 0 Å². The van der Waals surface area contributed by atoms with E-state index in [1.54, 1.807) is 42.5 Å². The van der Waals surface area contributed by atoms with E-state index in [2.05, 4.69) is 22.1 Å². The molecule has 3 N–H and O–H groups in total. The minimum Gasteiger partial charge on any atom is -0.380 e. The molecule has 29 heavy (non-hydrogen) atoms. The van der Waals surface area contributed by atoms with E-state index in [0.717, 1.165) is 25.7 Å². The van der Waals surface area contributed by atoms with Crippen LogP contribution in [0.1, 0.15) is 48.0 Å². The average Bonchev–Trinajstić information content (AvgIpc) is 2.77. The molecule has 1 aliphatic carbocycles. The van der Waals surface area contributed by atoms with Crippen molar-refractivity contribution in [3.8, 4) is 11.8 Å². The zero-order valence-corrected chi connectivity index (χ0v) is 16.8. The van der Waals surface area contributed by atoms with E-state index >= 15 is 0 Å². The lowest BCUT2D eigenvalue weighted by molar-refractivity contribution is 0.0945. The highest BCUT2D eigenvalue weighted by Crippen LogP contribution is 2.26. The lowest BCUT2D eigenvalue weighted by Gasteiger charge is -2.23. The van der Waals surface area contributed by atoms with Crippen molar-refractivity contribution >= 4 is 15.9 Å². The van der Waals surface area contributed by atoms with Crippen molar-refractivity contribution in [2.45, 2.75) is 43.1 Å². The number of amides is 1. The molecule has 2 aromatic rings. The second-order valence-corrected chi connectivity index (χ2v) is 8.74. The molecule has 7 heteroatoms. The maximum atomic E-state index is 12.2. The topological polar surface area (TPSA) is 95.5 Å². The van der Waals surface area contributed by atoms with Crippen LogP contribution in [0.3, 0.4) is 0 Å². The monoisotopic (exact) mass is 412 g/mol. The quantitative estimate of drug-likeness (QED) is 0.520. The largest absolute Gasteiger partial charge is 0.380 e. The molecule has 3 rings (SSSR count). The predicted molar refractivity (Wildman–Crippen MR) is 110 cm³/mol. The number of carbonyl (C=O) groups is 1. The Kier molecular flexibility index (Phi) is 7.04. The van der Waals surface area contributed by atoms with Gasteiger partial charge in [-0.15, -0.1) is 4.83 Å².